The molecule has 1 unspecified atom stereocenters. The molecule has 1 aliphatic rings. The highest BCUT2D eigenvalue weighted by molar-refractivity contribution is 7.17. The second kappa shape index (κ2) is 6.54. The Morgan fingerprint density at radius 2 is 2.07 bits per heavy atom. The zero-order valence-corrected chi connectivity index (χ0v) is 15.6. The minimum absolute atomic E-state index is 0.243. The number of rotatable bonds is 6. The lowest BCUT2D eigenvalue weighted by Crippen LogP contribution is -2.06. The van der Waals surface area contributed by atoms with Gasteiger partial charge in [0.1, 0.15) is 23.0 Å². The van der Waals surface area contributed by atoms with Crippen LogP contribution in [0.25, 0.3) is 4.83 Å². The van der Waals surface area contributed by atoms with Gasteiger partial charge in [-0.1, -0.05) is 17.3 Å². The number of fused-ring (bicyclic) bond motifs is 1. The largest absolute Gasteiger partial charge is 0.478 e. The lowest BCUT2D eigenvalue weighted by molar-refractivity contribution is 0.0697. The van der Waals surface area contributed by atoms with E-state index >= 15 is 0 Å². The SMILES string of the molecule is O=C(O)c1ccc(Cn2cc(C(O)c3c(C4CC4)sc4cncn34)nn2)cc1. The van der Waals surface area contributed by atoms with Crippen LogP contribution in [0.3, 0.4) is 0 Å². The molecule has 0 bridgehead atoms. The summed E-state index contributed by atoms with van der Waals surface area (Å²) in [5.74, 6) is -0.442. The van der Waals surface area contributed by atoms with E-state index in [1.54, 1.807) is 52.8 Å². The molecule has 1 fully saturated rings. The second-order valence-corrected chi connectivity index (χ2v) is 8.04. The summed E-state index contributed by atoms with van der Waals surface area (Å²) in [6.07, 6.45) is 6.69. The number of carbonyl (C=O) groups is 1. The van der Waals surface area contributed by atoms with Crippen molar-refractivity contribution >= 4 is 22.1 Å². The van der Waals surface area contributed by atoms with Gasteiger partial charge in [-0.25, -0.2) is 14.5 Å². The van der Waals surface area contributed by atoms with Crippen LogP contribution in [-0.2, 0) is 6.54 Å². The van der Waals surface area contributed by atoms with E-state index in [1.165, 1.54) is 4.88 Å². The fourth-order valence-corrected chi connectivity index (χ4v) is 4.62. The summed E-state index contributed by atoms with van der Waals surface area (Å²) in [6, 6.07) is 6.63. The Morgan fingerprint density at radius 1 is 1.29 bits per heavy atom. The molecule has 1 aromatic carbocycles. The van der Waals surface area contributed by atoms with Crippen molar-refractivity contribution in [2.45, 2.75) is 31.4 Å². The van der Waals surface area contributed by atoms with Crippen LogP contribution in [0, 0.1) is 0 Å². The molecule has 1 atom stereocenters. The third-order valence-corrected chi connectivity index (χ3v) is 6.19. The predicted octanol–water partition coefficient (Wildman–Crippen LogP) is 2.69. The highest BCUT2D eigenvalue weighted by atomic mass is 32.1. The van der Waals surface area contributed by atoms with Crippen LogP contribution in [0.1, 0.15) is 57.0 Å². The maximum absolute atomic E-state index is 11.0. The molecule has 28 heavy (non-hydrogen) atoms. The smallest absolute Gasteiger partial charge is 0.335 e. The quantitative estimate of drug-likeness (QED) is 0.520. The van der Waals surface area contributed by atoms with Crippen LogP contribution >= 0.6 is 11.3 Å². The number of aliphatic hydroxyl groups is 1. The fraction of sp³-hybridized carbons (Fsp3) is 0.263. The van der Waals surface area contributed by atoms with Gasteiger partial charge in [0.25, 0.3) is 0 Å². The predicted molar refractivity (Wildman–Crippen MR) is 102 cm³/mol. The van der Waals surface area contributed by atoms with E-state index in [9.17, 15) is 9.90 Å². The standard InChI is InChI=1S/C19H17N5O3S/c25-17(16-18(12-5-6-12)28-15-7-20-10-24(15)16)14-9-23(22-21-14)8-11-1-3-13(4-2-11)19(26)27/h1-4,7,9-10,12,17,25H,5-6,8H2,(H,26,27). The Kier molecular flexibility index (Phi) is 3.99. The molecule has 0 amide bonds. The van der Waals surface area contributed by atoms with Crippen molar-refractivity contribution in [3.63, 3.8) is 0 Å². The van der Waals surface area contributed by atoms with Gasteiger partial charge in [0.2, 0.25) is 0 Å². The number of aromatic nitrogens is 5. The molecule has 1 aliphatic carbocycles. The molecule has 5 rings (SSSR count). The number of nitrogens with zero attached hydrogens (tertiary/aromatic N) is 5. The normalized spacial score (nSPS) is 15.2. The van der Waals surface area contributed by atoms with Crippen molar-refractivity contribution in [2.75, 3.05) is 0 Å². The number of carboxylic acids is 1. The van der Waals surface area contributed by atoms with E-state index in [0.29, 0.717) is 18.2 Å². The van der Waals surface area contributed by atoms with Gasteiger partial charge in [0, 0.05) is 4.88 Å². The molecule has 2 N–H and O–H groups in total. The Hall–Kier alpha value is -3.04. The molecule has 3 aromatic heterocycles. The summed E-state index contributed by atoms with van der Waals surface area (Å²) in [5, 5.41) is 28.3. The first-order chi connectivity index (χ1) is 13.6. The molecule has 0 saturated heterocycles. The maximum atomic E-state index is 11.0. The Bertz CT molecular complexity index is 1160. The molecule has 142 valence electrons. The zero-order chi connectivity index (χ0) is 19.3. The van der Waals surface area contributed by atoms with Gasteiger partial charge < -0.3 is 10.2 Å². The molecule has 8 nitrogen and oxygen atoms in total. The van der Waals surface area contributed by atoms with Crippen molar-refractivity contribution in [1.29, 1.82) is 0 Å². The van der Waals surface area contributed by atoms with E-state index in [0.717, 1.165) is 28.9 Å². The minimum Gasteiger partial charge on any atom is -0.478 e. The molecular weight excluding hydrogens is 378 g/mol. The average Bonchev–Trinajstić information content (AvgIpc) is 3.10. The minimum atomic E-state index is -0.953. The Balaban J connectivity index is 1.41. The zero-order valence-electron chi connectivity index (χ0n) is 14.8. The number of carboxylic acid groups (broad SMARTS) is 1. The van der Waals surface area contributed by atoms with Crippen molar-refractivity contribution in [2.24, 2.45) is 0 Å². The van der Waals surface area contributed by atoms with Gasteiger partial charge in [-0.2, -0.15) is 0 Å². The van der Waals surface area contributed by atoms with E-state index < -0.39 is 12.1 Å². The maximum Gasteiger partial charge on any atom is 0.335 e. The molecule has 3 heterocycles. The third-order valence-electron chi connectivity index (χ3n) is 4.92. The summed E-state index contributed by atoms with van der Waals surface area (Å²) < 4.78 is 3.58. The highest BCUT2D eigenvalue weighted by Crippen LogP contribution is 2.47. The van der Waals surface area contributed by atoms with Crippen molar-refractivity contribution in [3.8, 4) is 0 Å². The van der Waals surface area contributed by atoms with Crippen LogP contribution in [0.5, 0.6) is 0 Å². The van der Waals surface area contributed by atoms with E-state index in [2.05, 4.69) is 15.3 Å². The summed E-state index contributed by atoms with van der Waals surface area (Å²) >= 11 is 1.67. The summed E-state index contributed by atoms with van der Waals surface area (Å²) in [7, 11) is 0. The van der Waals surface area contributed by atoms with Gasteiger partial charge >= 0.3 is 5.97 Å². The van der Waals surface area contributed by atoms with E-state index in [4.69, 9.17) is 5.11 Å². The van der Waals surface area contributed by atoms with Crippen molar-refractivity contribution < 1.29 is 15.0 Å². The number of benzene rings is 1. The van der Waals surface area contributed by atoms with E-state index in [1.807, 2.05) is 10.6 Å². The molecule has 0 radical (unpaired) electrons. The number of aromatic carboxylic acids is 1. The lowest BCUT2D eigenvalue weighted by Gasteiger charge is -2.09. The van der Waals surface area contributed by atoms with Crippen LogP contribution in [-0.4, -0.2) is 40.6 Å². The molecule has 4 aromatic rings. The Labute approximate surface area is 163 Å². The van der Waals surface area contributed by atoms with Crippen LogP contribution < -0.4 is 0 Å². The molecule has 9 heteroatoms. The number of hydrogen-bond donors (Lipinski definition) is 2. The molecular formula is C19H17N5O3S. The van der Waals surface area contributed by atoms with Crippen molar-refractivity contribution in [1.82, 2.24) is 24.4 Å². The van der Waals surface area contributed by atoms with Gasteiger partial charge in [-0.3, -0.25) is 4.40 Å². The fourth-order valence-electron chi connectivity index (χ4n) is 3.32. The number of thiazole rings is 1. The number of hydrogen-bond acceptors (Lipinski definition) is 6. The average molecular weight is 395 g/mol. The number of imidazole rings is 1. The first-order valence-electron chi connectivity index (χ1n) is 8.95. The van der Waals surface area contributed by atoms with Gasteiger partial charge in [-0.05, 0) is 36.5 Å². The Morgan fingerprint density at radius 3 is 2.79 bits per heavy atom. The number of aliphatic hydroxyl groups excluding tert-OH is 1. The van der Waals surface area contributed by atoms with Crippen LogP contribution in [0.15, 0.2) is 43.0 Å². The second-order valence-electron chi connectivity index (χ2n) is 6.97. The summed E-state index contributed by atoms with van der Waals surface area (Å²) in [5.41, 5.74) is 2.46. The monoisotopic (exact) mass is 395 g/mol. The van der Waals surface area contributed by atoms with Crippen LogP contribution in [0.4, 0.5) is 0 Å². The molecule has 0 aliphatic heterocycles. The van der Waals surface area contributed by atoms with E-state index in [-0.39, 0.29) is 5.56 Å². The summed E-state index contributed by atoms with van der Waals surface area (Å²) in [4.78, 5) is 17.3. The van der Waals surface area contributed by atoms with Gasteiger partial charge in [-0.15, -0.1) is 16.4 Å². The third kappa shape index (κ3) is 2.98. The topological polar surface area (TPSA) is 106 Å². The van der Waals surface area contributed by atoms with Crippen LogP contribution in [0.2, 0.25) is 0 Å². The van der Waals surface area contributed by atoms with Crippen molar-refractivity contribution in [3.05, 3.63) is 70.4 Å². The summed E-state index contributed by atoms with van der Waals surface area (Å²) in [6.45, 7) is 0.444. The van der Waals surface area contributed by atoms with Gasteiger partial charge in [0.15, 0.2) is 0 Å². The molecule has 0 spiro atoms. The highest BCUT2D eigenvalue weighted by Gasteiger charge is 2.33. The first-order valence-corrected chi connectivity index (χ1v) is 9.77. The molecule has 1 saturated carbocycles. The van der Waals surface area contributed by atoms with Gasteiger partial charge in [0.05, 0.1) is 30.2 Å². The first kappa shape index (κ1) is 17.1. The lowest BCUT2D eigenvalue weighted by atomic mass is 10.1.